The van der Waals surface area contributed by atoms with E-state index < -0.39 is 284 Å². The first-order valence-corrected chi connectivity index (χ1v) is 41.3. The monoisotopic (exact) mass is 1840 g/mol. The Labute approximate surface area is 746 Å². The zero-order chi connectivity index (χ0) is 91.6. The number of aliphatic hydroxyl groups excluding tert-OH is 8. The predicted molar refractivity (Wildman–Crippen MR) is 451 cm³/mol. The minimum atomic E-state index is -2.43. The van der Waals surface area contributed by atoms with Gasteiger partial charge < -0.3 is 158 Å². The van der Waals surface area contributed by atoms with Crippen LogP contribution in [0.5, 0.6) is 57.5 Å². The highest BCUT2D eigenvalue weighted by Crippen LogP contribution is 2.51. The van der Waals surface area contributed by atoms with E-state index in [1.165, 1.54) is 33.0 Å². The van der Waals surface area contributed by atoms with E-state index in [0.29, 0.717) is 16.5 Å². The zero-order valence-corrected chi connectivity index (χ0v) is 70.5. The van der Waals surface area contributed by atoms with Gasteiger partial charge in [0.25, 0.3) is 0 Å². The van der Waals surface area contributed by atoms with Crippen LogP contribution < -0.4 is 72.9 Å². The Bertz CT molecular complexity index is 5280. The molecule has 7 aromatic rings. The number of aliphatic hydroxyl groups is 8. The lowest BCUT2D eigenvalue weighted by Crippen LogP contribution is -2.65. The van der Waals surface area contributed by atoms with Gasteiger partial charge in [-0.05, 0) is 152 Å². The summed E-state index contributed by atoms with van der Waals surface area (Å²) in [6, 6.07) is 12.6. The number of aromatic hydroxyl groups is 3. The normalized spacial score (nSPS) is 29.2. The van der Waals surface area contributed by atoms with Crippen molar-refractivity contribution in [3.8, 4) is 68.6 Å². The molecule has 3 saturated heterocycles. The number of nitrogens with one attached hydrogen (secondary N) is 8. The Morgan fingerprint density at radius 3 is 1.85 bits per heavy atom. The van der Waals surface area contributed by atoms with Gasteiger partial charge in [-0.15, -0.1) is 0 Å². The fourth-order valence-corrected chi connectivity index (χ4v) is 16.3. The molecule has 15 rings (SSSR count). The number of carboxylic acid groups (broad SMARTS) is 1. The van der Waals surface area contributed by atoms with Crippen LogP contribution in [-0.4, -0.2) is 238 Å². The number of carbonyl (C=O) groups excluding carboxylic acids is 7. The fourth-order valence-electron chi connectivity index (χ4n) is 15.7. The molecule has 8 heterocycles. The van der Waals surface area contributed by atoms with Crippen LogP contribution in [0, 0.1) is 5.92 Å². The van der Waals surface area contributed by atoms with Crippen LogP contribution in [0.2, 0.25) is 15.1 Å². The molecule has 24 N–H and O–H groups in total. The Morgan fingerprint density at radius 2 is 1.23 bits per heavy atom. The first kappa shape index (κ1) is 96.2. The fraction of sp³-hybridized carbons (Fsp3) is 0.419. The highest BCUT2D eigenvalue weighted by molar-refractivity contribution is 6.32. The standard InChI is InChI=1S/C85H95Cl3N10O29.CH4/c1-33(2)20-48(91-5)76(111)97-64-66(104)37-9-18-52(46(87)22-37)121-54-24-39-25-55(73(54)126-84-71(109)69(107)74(57(32-99)124-84)127-83-70(108)68(106)67(105)56(123-83)31-92-30-35-6-13-42(14-7-35)120-43-15-11-40(86)12-16-43)122-53-19-10-38(23-47(53)88)72(125-59-29-85(4,90)75(110)34(3)119-59)65-81(116)96-63(82(117)118)45-26-41(100)27-51(102)60(45)44-21-36(8-17-50(44)101)61(78(113)98-65)95-79(114)62(39)94-77(112)49(28-58(89)103)93-80(64)115;/h6-19,21-27,33-34,48-49,56-57,59,61-72,74-75,83-84,91-92,99-102,104-110H,20,28-32,90H2,1-5H3,(H2,89,103)(H,93,115)(H,94,112)(H,95,114)(H,96,116)(H,97,111)(H,98,113)(H,117,118);1H4/t34-,48+,49-,56+,57+,59?,61+,62+,63+,64+,65-,66+,67-,68-,69+,70+,71+,72+,74+,75-,83-,84-,85-;/m0./s1. The van der Waals surface area contributed by atoms with Crippen molar-refractivity contribution in [1.29, 1.82) is 0 Å². The number of phenols is 3. The van der Waals surface area contributed by atoms with Crippen molar-refractivity contribution >= 4 is 82.1 Å². The number of nitrogens with two attached hydrogens (primary N) is 2. The summed E-state index contributed by atoms with van der Waals surface area (Å²) in [5, 5.41) is 160. The summed E-state index contributed by atoms with van der Waals surface area (Å²) < 4.78 is 57.1. The van der Waals surface area contributed by atoms with Crippen molar-refractivity contribution in [3.05, 3.63) is 176 Å². The van der Waals surface area contributed by atoms with Gasteiger partial charge in [-0.1, -0.05) is 86.4 Å². The first-order valence-electron chi connectivity index (χ1n) is 40.1. The predicted octanol–water partition coefficient (Wildman–Crippen LogP) is 2.81. The maximum absolute atomic E-state index is 16.4. The van der Waals surface area contributed by atoms with Gasteiger partial charge in [0.2, 0.25) is 53.4 Å². The van der Waals surface area contributed by atoms with Crippen molar-refractivity contribution in [1.82, 2.24) is 42.5 Å². The Kier molecular flexibility index (Phi) is 30.4. The lowest BCUT2D eigenvalue weighted by Gasteiger charge is -2.46. The summed E-state index contributed by atoms with van der Waals surface area (Å²) in [6.45, 7) is 5.38. The minimum Gasteiger partial charge on any atom is -0.508 e. The van der Waals surface area contributed by atoms with Gasteiger partial charge in [-0.3, -0.25) is 33.6 Å². The van der Waals surface area contributed by atoms with E-state index in [1.54, 1.807) is 62.4 Å². The molecule has 23 atom stereocenters. The molecule has 7 amide bonds. The molecule has 7 aromatic carbocycles. The number of amides is 7. The van der Waals surface area contributed by atoms with Crippen molar-refractivity contribution in [2.24, 2.45) is 17.4 Å². The second kappa shape index (κ2) is 40.4. The minimum absolute atomic E-state index is 0. The number of hydrogen-bond donors (Lipinski definition) is 22. The molecule has 0 aliphatic carbocycles. The molecular weight excluding hydrogens is 1740 g/mol. The SMILES string of the molecule is C.CN[C@H](CC(C)C)C(=O)N[C@H]1C(=O)N[C@@H](CC(N)=O)C(=O)N[C@H]2C(=O)N[C@H]3C(=O)N[C@H](C(=O)N[C@@H](C(=O)O)c4cc(O)cc(O)c4-c4cc3ccc4O)[C@H](OC3C[C@](C)(N)[C@@H](O)[C@H](C)O3)c3ccc(c(Cl)c3)Oc3cc2cc(c3O[C@@H]2O[C@H](CO)[C@@H](O[C@@H]3O[C@H](CNCc4ccc(Oc5ccc(Cl)cc5)cc4)[C@H](O)[C@H](O)[C@H]3O)[C@H](O)[C@H]2O)Oc2ccc(cc2Cl)[C@H]1O. The van der Waals surface area contributed by atoms with E-state index in [9.17, 15) is 75.7 Å². The van der Waals surface area contributed by atoms with Crippen molar-refractivity contribution in [3.63, 3.8) is 0 Å². The number of likely N-dealkylation sites (N-methyl/N-ethyl adjacent to an activating group) is 1. The molecule has 0 aromatic heterocycles. The number of benzene rings is 7. The summed E-state index contributed by atoms with van der Waals surface area (Å²) in [4.78, 5) is 120. The maximum atomic E-state index is 16.4. The van der Waals surface area contributed by atoms with Crippen LogP contribution in [0.3, 0.4) is 0 Å². The third-order valence-electron chi connectivity index (χ3n) is 22.3. The molecule has 8 aliphatic heterocycles. The molecule has 3 fully saturated rings. The lowest BCUT2D eigenvalue weighted by atomic mass is 9.86. The van der Waals surface area contributed by atoms with Crippen LogP contribution in [0.1, 0.15) is 118 Å². The summed E-state index contributed by atoms with van der Waals surface area (Å²) in [7, 11) is 1.46. The molecule has 39 nitrogen and oxygen atoms in total. The molecule has 688 valence electrons. The largest absolute Gasteiger partial charge is 0.508 e. The Hall–Kier alpha value is -10.9. The van der Waals surface area contributed by atoms with E-state index in [4.69, 9.17) is 88.9 Å². The van der Waals surface area contributed by atoms with Gasteiger partial charge in [-0.25, -0.2) is 4.79 Å². The number of ether oxygens (including phenoxy) is 9. The molecule has 0 saturated carbocycles. The summed E-state index contributed by atoms with van der Waals surface area (Å²) in [6.07, 6.45) is -29.3. The number of aliphatic carboxylic acids is 1. The number of halogens is 3. The number of carbonyl (C=O) groups is 8. The van der Waals surface area contributed by atoms with Crippen molar-refractivity contribution < 1.29 is 142 Å². The van der Waals surface area contributed by atoms with E-state index in [1.807, 2.05) is 0 Å². The van der Waals surface area contributed by atoms with Gasteiger partial charge in [0.05, 0.1) is 41.3 Å². The lowest BCUT2D eigenvalue weighted by molar-refractivity contribution is -0.350. The average Bonchev–Trinajstić information content (AvgIpc) is 0.741. The number of rotatable bonds is 21. The second-order valence-corrected chi connectivity index (χ2v) is 33.4. The number of fused-ring (bicyclic) bond motifs is 15. The number of phenolic OH excluding ortho intramolecular Hbond substituents is 3. The van der Waals surface area contributed by atoms with Crippen LogP contribution >= 0.6 is 34.8 Å². The molecule has 0 radical (unpaired) electrons. The van der Waals surface area contributed by atoms with E-state index in [2.05, 4.69) is 42.5 Å². The van der Waals surface area contributed by atoms with Gasteiger partial charge in [0.15, 0.2) is 30.1 Å². The molecule has 11 bridgehead atoms. The Balaban J connectivity index is 0.0000149. The van der Waals surface area contributed by atoms with Gasteiger partial charge in [0, 0.05) is 52.8 Å². The third-order valence-corrected chi connectivity index (χ3v) is 23.2. The summed E-state index contributed by atoms with van der Waals surface area (Å²) >= 11 is 20.5. The molecule has 0 spiro atoms. The quantitative estimate of drug-likeness (QED) is 0.0492. The molecule has 1 unspecified atom stereocenters. The van der Waals surface area contributed by atoms with E-state index in [0.717, 1.165) is 72.3 Å². The molecule has 42 heteroatoms. The highest BCUT2D eigenvalue weighted by Gasteiger charge is 2.53. The van der Waals surface area contributed by atoms with Gasteiger partial charge >= 0.3 is 5.97 Å². The highest BCUT2D eigenvalue weighted by atomic mass is 35.5. The summed E-state index contributed by atoms with van der Waals surface area (Å²) in [5.41, 5.74) is 8.71. The van der Waals surface area contributed by atoms with Crippen LogP contribution in [0.15, 0.2) is 127 Å². The van der Waals surface area contributed by atoms with Crippen molar-refractivity contribution in [2.75, 3.05) is 20.2 Å². The number of primary amides is 1. The second-order valence-electron chi connectivity index (χ2n) is 32.2. The smallest absolute Gasteiger partial charge is 0.330 e. The third kappa shape index (κ3) is 21.3. The number of carboxylic acids is 1. The van der Waals surface area contributed by atoms with Gasteiger partial charge in [-0.2, -0.15) is 0 Å². The average molecular weight is 1840 g/mol. The molecule has 8 aliphatic rings. The topological polar surface area (TPSA) is 611 Å². The van der Waals surface area contributed by atoms with Crippen molar-refractivity contribution in [2.45, 2.75) is 201 Å². The first-order chi connectivity index (χ1) is 60.3. The van der Waals surface area contributed by atoms with E-state index in [-0.39, 0.29) is 50.4 Å². The van der Waals surface area contributed by atoms with Gasteiger partial charge in [0.1, 0.15) is 131 Å². The van der Waals surface area contributed by atoms with Crippen LogP contribution in [0.25, 0.3) is 11.1 Å². The molecule has 128 heavy (non-hydrogen) atoms. The van der Waals surface area contributed by atoms with Crippen LogP contribution in [-0.2, 0) is 68.6 Å². The van der Waals surface area contributed by atoms with E-state index >= 15 is 24.0 Å². The number of hydrogen-bond acceptors (Lipinski definition) is 31. The Morgan fingerprint density at radius 1 is 0.633 bits per heavy atom. The maximum Gasteiger partial charge on any atom is 0.330 e. The zero-order valence-electron chi connectivity index (χ0n) is 68.2. The summed E-state index contributed by atoms with van der Waals surface area (Å²) in [5.74, 6) is -15.7. The molecular formula is C86H99Cl3N10O29. The van der Waals surface area contributed by atoms with Crippen LogP contribution in [0.4, 0.5) is 0 Å².